The molecular weight excluding hydrogens is 300 g/mol. The van der Waals surface area contributed by atoms with Crippen LogP contribution in [0.4, 0.5) is 5.69 Å². The molecule has 24 heavy (non-hydrogen) atoms. The molecule has 4 heteroatoms. The van der Waals surface area contributed by atoms with Crippen molar-refractivity contribution >= 4 is 17.5 Å². The SMILES string of the molecule is Cc1cc(C)cc(C(=O)NCc2cccc(NC(=O)C3CC3)c2)c1. The lowest BCUT2D eigenvalue weighted by atomic mass is 10.1. The van der Waals surface area contributed by atoms with Gasteiger partial charge in [0.2, 0.25) is 5.91 Å². The van der Waals surface area contributed by atoms with Gasteiger partial charge in [0, 0.05) is 23.7 Å². The summed E-state index contributed by atoms with van der Waals surface area (Å²) in [5, 5.41) is 5.86. The van der Waals surface area contributed by atoms with Gasteiger partial charge in [0.25, 0.3) is 5.91 Å². The Balaban J connectivity index is 1.61. The maximum absolute atomic E-state index is 12.3. The summed E-state index contributed by atoms with van der Waals surface area (Å²) >= 11 is 0. The summed E-state index contributed by atoms with van der Waals surface area (Å²) < 4.78 is 0. The predicted molar refractivity (Wildman–Crippen MR) is 94.9 cm³/mol. The van der Waals surface area contributed by atoms with Gasteiger partial charge in [-0.05, 0) is 56.5 Å². The van der Waals surface area contributed by atoms with E-state index in [4.69, 9.17) is 0 Å². The summed E-state index contributed by atoms with van der Waals surface area (Å²) in [7, 11) is 0. The van der Waals surface area contributed by atoms with Gasteiger partial charge in [-0.1, -0.05) is 29.3 Å². The van der Waals surface area contributed by atoms with Crippen LogP contribution >= 0.6 is 0 Å². The van der Waals surface area contributed by atoms with Crippen molar-refractivity contribution in [2.24, 2.45) is 5.92 Å². The normalized spacial score (nSPS) is 13.4. The zero-order valence-corrected chi connectivity index (χ0v) is 14.1. The molecule has 1 aliphatic rings. The molecule has 0 unspecified atom stereocenters. The van der Waals surface area contributed by atoms with E-state index in [1.54, 1.807) is 0 Å². The second-order valence-electron chi connectivity index (χ2n) is 6.52. The van der Waals surface area contributed by atoms with E-state index < -0.39 is 0 Å². The van der Waals surface area contributed by atoms with Crippen LogP contribution in [0.15, 0.2) is 42.5 Å². The van der Waals surface area contributed by atoms with Crippen LogP contribution < -0.4 is 10.6 Å². The monoisotopic (exact) mass is 322 g/mol. The van der Waals surface area contributed by atoms with Crippen LogP contribution in [0.25, 0.3) is 0 Å². The highest BCUT2D eigenvalue weighted by molar-refractivity contribution is 5.95. The first-order valence-corrected chi connectivity index (χ1v) is 8.27. The molecule has 0 radical (unpaired) electrons. The minimum atomic E-state index is -0.0887. The summed E-state index contributed by atoms with van der Waals surface area (Å²) in [6.45, 7) is 4.39. The van der Waals surface area contributed by atoms with Crippen molar-refractivity contribution in [3.63, 3.8) is 0 Å². The Bertz CT molecular complexity index is 759. The van der Waals surface area contributed by atoms with E-state index in [0.717, 1.165) is 35.2 Å². The topological polar surface area (TPSA) is 58.2 Å². The second kappa shape index (κ2) is 6.87. The van der Waals surface area contributed by atoms with Crippen LogP contribution in [-0.2, 0) is 11.3 Å². The quantitative estimate of drug-likeness (QED) is 0.884. The molecule has 0 aliphatic heterocycles. The van der Waals surface area contributed by atoms with Crippen molar-refractivity contribution in [2.45, 2.75) is 33.2 Å². The maximum atomic E-state index is 12.3. The third kappa shape index (κ3) is 4.22. The van der Waals surface area contributed by atoms with Crippen molar-refractivity contribution in [3.8, 4) is 0 Å². The summed E-state index contributed by atoms with van der Waals surface area (Å²) in [5.41, 5.74) is 4.56. The molecular formula is C20H22N2O2. The van der Waals surface area contributed by atoms with Gasteiger partial charge in [-0.25, -0.2) is 0 Å². The number of carbonyl (C=O) groups is 2. The van der Waals surface area contributed by atoms with Gasteiger partial charge in [0.1, 0.15) is 0 Å². The standard InChI is InChI=1S/C20H22N2O2/c1-13-8-14(2)10-17(9-13)19(23)21-12-15-4-3-5-18(11-15)22-20(24)16-6-7-16/h3-5,8-11,16H,6-7,12H2,1-2H3,(H,21,23)(H,22,24). The molecule has 0 spiro atoms. The van der Waals surface area contributed by atoms with E-state index in [2.05, 4.69) is 10.6 Å². The highest BCUT2D eigenvalue weighted by atomic mass is 16.2. The summed E-state index contributed by atoms with van der Waals surface area (Å²) in [5.74, 6) is 0.179. The molecule has 1 aliphatic carbocycles. The van der Waals surface area contributed by atoms with E-state index in [1.165, 1.54) is 0 Å². The van der Waals surface area contributed by atoms with Crippen LogP contribution in [-0.4, -0.2) is 11.8 Å². The average molecular weight is 322 g/mol. The molecule has 1 saturated carbocycles. The van der Waals surface area contributed by atoms with Crippen molar-refractivity contribution in [2.75, 3.05) is 5.32 Å². The number of carbonyl (C=O) groups excluding carboxylic acids is 2. The molecule has 1 fully saturated rings. The van der Waals surface area contributed by atoms with Crippen LogP contribution in [0.5, 0.6) is 0 Å². The van der Waals surface area contributed by atoms with Crippen molar-refractivity contribution in [1.82, 2.24) is 5.32 Å². The smallest absolute Gasteiger partial charge is 0.251 e. The molecule has 2 aromatic carbocycles. The van der Waals surface area contributed by atoms with Crippen LogP contribution in [0, 0.1) is 19.8 Å². The highest BCUT2D eigenvalue weighted by Gasteiger charge is 2.29. The fourth-order valence-electron chi connectivity index (χ4n) is 2.74. The summed E-state index contributed by atoms with van der Waals surface area (Å²) in [4.78, 5) is 24.1. The van der Waals surface area contributed by atoms with E-state index >= 15 is 0 Å². The Kier molecular flexibility index (Phi) is 4.65. The van der Waals surface area contributed by atoms with Gasteiger partial charge in [-0.2, -0.15) is 0 Å². The number of anilines is 1. The average Bonchev–Trinajstić information content (AvgIpc) is 3.37. The van der Waals surface area contributed by atoms with Gasteiger partial charge < -0.3 is 10.6 Å². The van der Waals surface area contributed by atoms with Crippen molar-refractivity contribution in [3.05, 3.63) is 64.7 Å². The summed E-state index contributed by atoms with van der Waals surface area (Å²) in [6, 6.07) is 13.4. The maximum Gasteiger partial charge on any atom is 0.251 e. The van der Waals surface area contributed by atoms with Gasteiger partial charge in [0.05, 0.1) is 0 Å². The fourth-order valence-corrected chi connectivity index (χ4v) is 2.74. The number of hydrogen-bond acceptors (Lipinski definition) is 2. The number of nitrogens with one attached hydrogen (secondary N) is 2. The Morgan fingerprint density at radius 2 is 1.75 bits per heavy atom. The molecule has 0 atom stereocenters. The van der Waals surface area contributed by atoms with Gasteiger partial charge >= 0.3 is 0 Å². The predicted octanol–water partition coefficient (Wildman–Crippen LogP) is 3.58. The lowest BCUT2D eigenvalue weighted by Gasteiger charge is -2.09. The first-order valence-electron chi connectivity index (χ1n) is 8.27. The Hall–Kier alpha value is -2.62. The van der Waals surface area contributed by atoms with Crippen LogP contribution in [0.1, 0.15) is 39.9 Å². The van der Waals surface area contributed by atoms with Crippen LogP contribution in [0.3, 0.4) is 0 Å². The fraction of sp³-hybridized carbons (Fsp3) is 0.300. The van der Waals surface area contributed by atoms with Gasteiger partial charge in [0.15, 0.2) is 0 Å². The molecule has 4 nitrogen and oxygen atoms in total. The second-order valence-corrected chi connectivity index (χ2v) is 6.52. The van der Waals surface area contributed by atoms with Crippen LogP contribution in [0.2, 0.25) is 0 Å². The highest BCUT2D eigenvalue weighted by Crippen LogP contribution is 2.30. The molecule has 0 heterocycles. The van der Waals surface area contributed by atoms with Crippen molar-refractivity contribution < 1.29 is 9.59 Å². The van der Waals surface area contributed by atoms with Crippen molar-refractivity contribution in [1.29, 1.82) is 0 Å². The number of rotatable bonds is 5. The molecule has 3 rings (SSSR count). The van der Waals surface area contributed by atoms with E-state index in [9.17, 15) is 9.59 Å². The number of benzene rings is 2. The number of hydrogen-bond donors (Lipinski definition) is 2. The lowest BCUT2D eigenvalue weighted by molar-refractivity contribution is -0.117. The zero-order valence-electron chi connectivity index (χ0n) is 14.1. The van der Waals surface area contributed by atoms with E-state index in [0.29, 0.717) is 12.1 Å². The minimum absolute atomic E-state index is 0.0887. The van der Waals surface area contributed by atoms with E-state index in [1.807, 2.05) is 56.3 Å². The number of amides is 2. The van der Waals surface area contributed by atoms with Gasteiger partial charge in [-0.15, -0.1) is 0 Å². The van der Waals surface area contributed by atoms with Gasteiger partial charge in [-0.3, -0.25) is 9.59 Å². The largest absolute Gasteiger partial charge is 0.348 e. The third-order valence-corrected chi connectivity index (χ3v) is 4.08. The molecule has 0 saturated heterocycles. The minimum Gasteiger partial charge on any atom is -0.348 e. The zero-order chi connectivity index (χ0) is 17.1. The number of aryl methyl sites for hydroxylation is 2. The first-order chi connectivity index (χ1) is 11.5. The Morgan fingerprint density at radius 1 is 1.04 bits per heavy atom. The van der Waals surface area contributed by atoms with E-state index in [-0.39, 0.29) is 17.7 Å². The lowest BCUT2D eigenvalue weighted by Crippen LogP contribution is -2.23. The molecule has 0 bridgehead atoms. The molecule has 124 valence electrons. The molecule has 0 aromatic heterocycles. The molecule has 2 amide bonds. The first kappa shape index (κ1) is 16.2. The Labute approximate surface area is 142 Å². The summed E-state index contributed by atoms with van der Waals surface area (Å²) in [6.07, 6.45) is 1.97. The molecule has 2 N–H and O–H groups in total. The third-order valence-electron chi connectivity index (χ3n) is 4.08. The Morgan fingerprint density at radius 3 is 2.42 bits per heavy atom. The molecule has 2 aromatic rings.